The first kappa shape index (κ1) is 10.4. The summed E-state index contributed by atoms with van der Waals surface area (Å²) < 4.78 is 4.74. The van der Waals surface area contributed by atoms with E-state index in [1.54, 1.807) is 0 Å². The van der Waals surface area contributed by atoms with Gasteiger partial charge in [-0.05, 0) is 18.1 Å². The van der Waals surface area contributed by atoms with Crippen LogP contribution in [-0.4, -0.2) is 23.6 Å². The Morgan fingerprint density at radius 1 is 1.53 bits per heavy atom. The minimum absolute atomic E-state index is 0.0612. The Morgan fingerprint density at radius 2 is 2.29 bits per heavy atom. The highest BCUT2D eigenvalue weighted by atomic mass is 16.5. The third-order valence-electron chi connectivity index (χ3n) is 3.57. The van der Waals surface area contributed by atoms with E-state index >= 15 is 0 Å². The maximum Gasteiger partial charge on any atom is 0.326 e. The van der Waals surface area contributed by atoms with Crippen molar-refractivity contribution < 1.29 is 9.53 Å². The highest BCUT2D eigenvalue weighted by Gasteiger charge is 2.59. The van der Waals surface area contributed by atoms with Crippen LogP contribution in [0.4, 0.5) is 0 Å². The number of methoxy groups -OCH3 is 1. The van der Waals surface area contributed by atoms with Crippen molar-refractivity contribution in [2.45, 2.75) is 17.9 Å². The highest BCUT2D eigenvalue weighted by molar-refractivity contribution is 5.91. The Bertz CT molecular complexity index is 590. The SMILES string of the molecule is COC(=O)[C@]1(N)C[C@H]1c1c[nH]c2ccccc12. The van der Waals surface area contributed by atoms with Crippen molar-refractivity contribution in [1.29, 1.82) is 0 Å². The Kier molecular flexibility index (Phi) is 2.03. The molecule has 1 aromatic carbocycles. The Hall–Kier alpha value is -1.81. The summed E-state index contributed by atoms with van der Waals surface area (Å²) in [6.07, 6.45) is 2.59. The molecule has 0 spiro atoms. The summed E-state index contributed by atoms with van der Waals surface area (Å²) in [6, 6.07) is 8.01. The predicted molar refractivity (Wildman–Crippen MR) is 64.6 cm³/mol. The number of ether oxygens (including phenoxy) is 1. The zero-order valence-electron chi connectivity index (χ0n) is 9.57. The lowest BCUT2D eigenvalue weighted by Gasteiger charge is -2.07. The van der Waals surface area contributed by atoms with Crippen LogP contribution in [0, 0.1) is 0 Å². The number of hydrogen-bond acceptors (Lipinski definition) is 3. The molecule has 3 N–H and O–H groups in total. The third-order valence-corrected chi connectivity index (χ3v) is 3.57. The van der Waals surface area contributed by atoms with Gasteiger partial charge in [0.1, 0.15) is 5.54 Å². The summed E-state index contributed by atoms with van der Waals surface area (Å²) in [5.74, 6) is -0.265. The average molecular weight is 230 g/mol. The number of fused-ring (bicyclic) bond motifs is 1. The predicted octanol–water partition coefficient (Wildman–Crippen LogP) is 1.53. The lowest BCUT2D eigenvalue weighted by molar-refractivity contribution is -0.143. The van der Waals surface area contributed by atoms with E-state index in [9.17, 15) is 4.79 Å². The van der Waals surface area contributed by atoms with Crippen LogP contribution in [0.2, 0.25) is 0 Å². The van der Waals surface area contributed by atoms with E-state index < -0.39 is 5.54 Å². The van der Waals surface area contributed by atoms with Gasteiger partial charge in [0.05, 0.1) is 7.11 Å². The first-order valence-electron chi connectivity index (χ1n) is 5.60. The van der Waals surface area contributed by atoms with E-state index in [0.717, 1.165) is 16.5 Å². The van der Waals surface area contributed by atoms with E-state index in [0.29, 0.717) is 6.42 Å². The molecule has 0 aliphatic heterocycles. The standard InChI is InChI=1S/C13H14N2O2/c1-17-12(16)13(14)6-10(13)9-7-15-11-5-3-2-4-8(9)11/h2-5,7,10,15H,6,14H2,1H3/t10-,13-/m0/s1. The fourth-order valence-electron chi connectivity index (χ4n) is 2.46. The van der Waals surface area contributed by atoms with Crippen molar-refractivity contribution in [2.24, 2.45) is 5.73 Å². The van der Waals surface area contributed by atoms with Crippen LogP contribution in [-0.2, 0) is 9.53 Å². The summed E-state index contributed by atoms with van der Waals surface area (Å²) in [7, 11) is 1.38. The monoisotopic (exact) mass is 230 g/mol. The van der Waals surface area contributed by atoms with Gasteiger partial charge in [-0.3, -0.25) is 4.79 Å². The van der Waals surface area contributed by atoms with Crippen molar-refractivity contribution in [1.82, 2.24) is 4.98 Å². The van der Waals surface area contributed by atoms with Gasteiger partial charge in [-0.25, -0.2) is 0 Å². The molecule has 4 nitrogen and oxygen atoms in total. The minimum Gasteiger partial charge on any atom is -0.468 e. The fraction of sp³-hybridized carbons (Fsp3) is 0.308. The number of para-hydroxylation sites is 1. The second-order valence-electron chi connectivity index (χ2n) is 4.58. The largest absolute Gasteiger partial charge is 0.468 e. The third kappa shape index (κ3) is 1.37. The van der Waals surface area contributed by atoms with Crippen LogP contribution in [0.25, 0.3) is 10.9 Å². The first-order valence-corrected chi connectivity index (χ1v) is 5.60. The minimum atomic E-state index is -0.834. The number of rotatable bonds is 2. The molecule has 4 heteroatoms. The maximum absolute atomic E-state index is 11.6. The van der Waals surface area contributed by atoms with Gasteiger partial charge in [0, 0.05) is 23.0 Å². The van der Waals surface area contributed by atoms with Gasteiger partial charge in [0.15, 0.2) is 0 Å². The molecule has 88 valence electrons. The Balaban J connectivity index is 2.00. The number of hydrogen-bond donors (Lipinski definition) is 2. The Labute approximate surface area is 98.8 Å². The molecule has 2 aromatic rings. The van der Waals surface area contributed by atoms with Crippen molar-refractivity contribution in [3.8, 4) is 0 Å². The number of H-pyrrole nitrogens is 1. The summed E-state index contributed by atoms with van der Waals surface area (Å²) in [6.45, 7) is 0. The molecule has 17 heavy (non-hydrogen) atoms. The molecule has 0 unspecified atom stereocenters. The smallest absolute Gasteiger partial charge is 0.326 e. The molecule has 0 bridgehead atoms. The van der Waals surface area contributed by atoms with Gasteiger partial charge in [-0.2, -0.15) is 0 Å². The second kappa shape index (κ2) is 3.34. The number of carbonyl (C=O) groups is 1. The van der Waals surface area contributed by atoms with Crippen LogP contribution < -0.4 is 5.73 Å². The molecule has 0 saturated heterocycles. The number of aromatic amines is 1. The maximum atomic E-state index is 11.6. The average Bonchev–Trinajstić information content (AvgIpc) is 2.88. The van der Waals surface area contributed by atoms with Gasteiger partial charge in [-0.15, -0.1) is 0 Å². The molecular weight excluding hydrogens is 216 g/mol. The molecule has 0 radical (unpaired) electrons. The van der Waals surface area contributed by atoms with Gasteiger partial charge >= 0.3 is 5.97 Å². The quantitative estimate of drug-likeness (QED) is 0.769. The van der Waals surface area contributed by atoms with Crippen molar-refractivity contribution in [3.05, 3.63) is 36.0 Å². The molecule has 1 saturated carbocycles. The van der Waals surface area contributed by atoms with E-state index in [1.165, 1.54) is 7.11 Å². The van der Waals surface area contributed by atoms with Crippen LogP contribution in [0.1, 0.15) is 17.9 Å². The van der Waals surface area contributed by atoms with Crippen LogP contribution in [0.5, 0.6) is 0 Å². The highest BCUT2D eigenvalue weighted by Crippen LogP contribution is 2.51. The zero-order chi connectivity index (χ0) is 12.0. The summed E-state index contributed by atoms with van der Waals surface area (Å²) in [5, 5.41) is 1.13. The molecule has 1 aliphatic rings. The topological polar surface area (TPSA) is 68.1 Å². The van der Waals surface area contributed by atoms with Gasteiger partial charge in [0.25, 0.3) is 0 Å². The molecule has 2 atom stereocenters. The second-order valence-corrected chi connectivity index (χ2v) is 4.58. The van der Waals surface area contributed by atoms with Crippen LogP contribution in [0.3, 0.4) is 0 Å². The molecule has 1 heterocycles. The van der Waals surface area contributed by atoms with E-state index in [4.69, 9.17) is 10.5 Å². The van der Waals surface area contributed by atoms with Gasteiger partial charge in [0.2, 0.25) is 0 Å². The molecule has 1 aliphatic carbocycles. The van der Waals surface area contributed by atoms with Crippen molar-refractivity contribution >= 4 is 16.9 Å². The first-order chi connectivity index (χ1) is 8.16. The van der Waals surface area contributed by atoms with Crippen LogP contribution >= 0.6 is 0 Å². The summed E-state index contributed by atoms with van der Waals surface area (Å²) in [5.41, 5.74) is 7.38. The Morgan fingerprint density at radius 3 is 3.06 bits per heavy atom. The van der Waals surface area contributed by atoms with E-state index in [2.05, 4.69) is 4.98 Å². The number of benzene rings is 1. The van der Waals surface area contributed by atoms with Crippen molar-refractivity contribution in [2.75, 3.05) is 7.11 Å². The number of aromatic nitrogens is 1. The van der Waals surface area contributed by atoms with Gasteiger partial charge < -0.3 is 15.5 Å². The molecular formula is C13H14N2O2. The molecule has 1 fully saturated rings. The van der Waals surface area contributed by atoms with E-state index in [-0.39, 0.29) is 11.9 Å². The molecule has 1 aromatic heterocycles. The fourth-order valence-corrected chi connectivity index (χ4v) is 2.46. The number of nitrogens with two attached hydrogens (primary N) is 1. The normalized spacial score (nSPS) is 27.1. The number of carbonyl (C=O) groups excluding carboxylic acids is 1. The molecule has 0 amide bonds. The summed E-state index contributed by atoms with van der Waals surface area (Å²) in [4.78, 5) is 14.8. The number of nitrogens with one attached hydrogen (secondary N) is 1. The van der Waals surface area contributed by atoms with E-state index in [1.807, 2.05) is 30.5 Å². The zero-order valence-corrected chi connectivity index (χ0v) is 9.57. The lowest BCUT2D eigenvalue weighted by Crippen LogP contribution is -2.35. The van der Waals surface area contributed by atoms with Crippen molar-refractivity contribution in [3.63, 3.8) is 0 Å². The lowest BCUT2D eigenvalue weighted by atomic mass is 10.1. The van der Waals surface area contributed by atoms with Crippen LogP contribution in [0.15, 0.2) is 30.5 Å². The number of esters is 1. The summed E-state index contributed by atoms with van der Waals surface area (Å²) >= 11 is 0. The van der Waals surface area contributed by atoms with Gasteiger partial charge in [-0.1, -0.05) is 18.2 Å². The molecule has 3 rings (SSSR count).